The molecule has 1 rings (SSSR count). The Labute approximate surface area is 111 Å². The van der Waals surface area contributed by atoms with Gasteiger partial charge in [-0.15, -0.1) is 0 Å². The van der Waals surface area contributed by atoms with Crippen LogP contribution in [-0.2, 0) is 4.79 Å². The summed E-state index contributed by atoms with van der Waals surface area (Å²) in [5.74, 6) is 0.0251. The first kappa shape index (κ1) is 14.2. The van der Waals surface area contributed by atoms with Gasteiger partial charge in [-0.3, -0.25) is 9.48 Å². The molecule has 4 nitrogen and oxygen atoms in total. The summed E-state index contributed by atoms with van der Waals surface area (Å²) in [6, 6.07) is -0.257. The van der Waals surface area contributed by atoms with Crippen molar-refractivity contribution < 1.29 is 4.79 Å². The molecule has 1 atom stereocenters. The molecule has 1 aromatic rings. The Morgan fingerprint density at radius 1 is 1.53 bits per heavy atom. The average Bonchev–Trinajstić information content (AvgIpc) is 2.74. The molecule has 0 fully saturated rings. The fourth-order valence-electron chi connectivity index (χ4n) is 1.56. The Morgan fingerprint density at radius 3 is 2.88 bits per heavy atom. The number of nitrogens with zero attached hydrogens (tertiary/aromatic N) is 2. The fraction of sp³-hybridized carbons (Fsp3) is 0.667. The topological polar surface area (TPSA) is 46.9 Å². The first-order valence-electron chi connectivity index (χ1n) is 6.12. The third-order valence-electron chi connectivity index (χ3n) is 2.68. The molecule has 0 aliphatic rings. The molecular weight excluding hydrogens is 282 g/mol. The quantitative estimate of drug-likeness (QED) is 0.787. The van der Waals surface area contributed by atoms with Crippen molar-refractivity contribution in [3.63, 3.8) is 0 Å². The highest BCUT2D eigenvalue weighted by Gasteiger charge is 2.14. The molecule has 1 heterocycles. The van der Waals surface area contributed by atoms with Gasteiger partial charge in [-0.05, 0) is 29.3 Å². The van der Waals surface area contributed by atoms with Crippen molar-refractivity contribution in [3.8, 4) is 0 Å². The van der Waals surface area contributed by atoms with Crippen LogP contribution in [0.25, 0.3) is 0 Å². The van der Waals surface area contributed by atoms with E-state index in [9.17, 15) is 4.79 Å². The van der Waals surface area contributed by atoms with Crippen LogP contribution in [0.3, 0.4) is 0 Å². The van der Waals surface area contributed by atoms with E-state index < -0.39 is 0 Å². The van der Waals surface area contributed by atoms with Gasteiger partial charge in [0.05, 0.1) is 10.7 Å². The van der Waals surface area contributed by atoms with E-state index in [-0.39, 0.29) is 11.9 Å². The number of amides is 1. The first-order valence-corrected chi connectivity index (χ1v) is 6.91. The van der Waals surface area contributed by atoms with E-state index in [0.29, 0.717) is 0 Å². The third kappa shape index (κ3) is 4.89. The van der Waals surface area contributed by atoms with Crippen LogP contribution in [-0.4, -0.2) is 22.2 Å². The maximum absolute atomic E-state index is 11.8. The monoisotopic (exact) mass is 301 g/mol. The van der Waals surface area contributed by atoms with E-state index in [2.05, 4.69) is 33.3 Å². The maximum atomic E-state index is 11.8. The summed E-state index contributed by atoms with van der Waals surface area (Å²) in [7, 11) is 0. The van der Waals surface area contributed by atoms with Crippen LogP contribution in [0.1, 0.15) is 45.6 Å². The number of carbonyl (C=O) groups excluding carboxylic acids is 1. The summed E-state index contributed by atoms with van der Waals surface area (Å²) in [6.07, 6.45) is 8.17. The minimum Gasteiger partial charge on any atom is -0.354 e. The number of hydrogen-bond donors (Lipinski definition) is 1. The Bertz CT molecular complexity index is 351. The lowest BCUT2D eigenvalue weighted by Crippen LogP contribution is -2.31. The molecule has 1 unspecified atom stereocenters. The van der Waals surface area contributed by atoms with Crippen LogP contribution >= 0.6 is 15.9 Å². The van der Waals surface area contributed by atoms with Gasteiger partial charge in [0.15, 0.2) is 0 Å². The number of halogens is 1. The third-order valence-corrected chi connectivity index (χ3v) is 3.09. The standard InChI is InChI=1S/C12H20BrN3O/c1-3-4-5-6-7-14-12(17)10(2)16-9-11(13)8-15-16/h8-10H,3-7H2,1-2H3,(H,14,17). The molecule has 0 aromatic carbocycles. The lowest BCUT2D eigenvalue weighted by Gasteiger charge is -2.12. The van der Waals surface area contributed by atoms with E-state index >= 15 is 0 Å². The van der Waals surface area contributed by atoms with Crippen molar-refractivity contribution in [2.75, 3.05) is 6.54 Å². The molecule has 0 bridgehead atoms. The molecule has 0 spiro atoms. The number of rotatable bonds is 7. The summed E-state index contributed by atoms with van der Waals surface area (Å²) in [5, 5.41) is 7.04. The van der Waals surface area contributed by atoms with E-state index in [4.69, 9.17) is 0 Å². The van der Waals surface area contributed by atoms with Crippen LogP contribution in [0, 0.1) is 0 Å². The van der Waals surface area contributed by atoms with Gasteiger partial charge in [-0.2, -0.15) is 5.10 Å². The molecule has 17 heavy (non-hydrogen) atoms. The van der Waals surface area contributed by atoms with E-state index in [1.165, 1.54) is 19.3 Å². The fourth-order valence-corrected chi connectivity index (χ4v) is 1.86. The normalized spacial score (nSPS) is 12.4. The van der Waals surface area contributed by atoms with Crippen molar-refractivity contribution in [3.05, 3.63) is 16.9 Å². The number of nitrogens with one attached hydrogen (secondary N) is 1. The average molecular weight is 302 g/mol. The van der Waals surface area contributed by atoms with Crippen LogP contribution < -0.4 is 5.32 Å². The first-order chi connectivity index (χ1) is 8.15. The molecule has 1 amide bonds. The zero-order valence-electron chi connectivity index (χ0n) is 10.4. The number of hydrogen-bond acceptors (Lipinski definition) is 2. The molecular formula is C12H20BrN3O. The minimum absolute atomic E-state index is 0.0251. The van der Waals surface area contributed by atoms with Crippen LogP contribution in [0.2, 0.25) is 0 Å². The Kier molecular flexibility index (Phi) is 6.26. The molecule has 1 aromatic heterocycles. The van der Waals surface area contributed by atoms with E-state index in [1.54, 1.807) is 17.1 Å². The van der Waals surface area contributed by atoms with Gasteiger partial charge in [-0.1, -0.05) is 26.2 Å². The van der Waals surface area contributed by atoms with Gasteiger partial charge in [0.1, 0.15) is 6.04 Å². The number of unbranched alkanes of at least 4 members (excludes halogenated alkanes) is 3. The van der Waals surface area contributed by atoms with Crippen LogP contribution in [0.5, 0.6) is 0 Å². The van der Waals surface area contributed by atoms with Crippen molar-refractivity contribution in [2.45, 2.75) is 45.6 Å². The predicted octanol–water partition coefficient (Wildman–Crippen LogP) is 2.90. The second kappa shape index (κ2) is 7.48. The summed E-state index contributed by atoms with van der Waals surface area (Å²) in [6.45, 7) is 4.78. The van der Waals surface area contributed by atoms with E-state index in [1.807, 2.05) is 6.92 Å². The molecule has 1 N–H and O–H groups in total. The highest BCUT2D eigenvalue weighted by Crippen LogP contribution is 2.11. The zero-order chi connectivity index (χ0) is 12.7. The largest absolute Gasteiger partial charge is 0.354 e. The Morgan fingerprint density at radius 2 is 2.29 bits per heavy atom. The lowest BCUT2D eigenvalue weighted by atomic mass is 10.2. The Balaban J connectivity index is 2.28. The molecule has 0 saturated heterocycles. The SMILES string of the molecule is CCCCCCNC(=O)C(C)n1cc(Br)cn1. The summed E-state index contributed by atoms with van der Waals surface area (Å²) >= 11 is 3.32. The summed E-state index contributed by atoms with van der Waals surface area (Å²) in [4.78, 5) is 11.8. The highest BCUT2D eigenvalue weighted by molar-refractivity contribution is 9.10. The van der Waals surface area contributed by atoms with Crippen LogP contribution in [0.15, 0.2) is 16.9 Å². The van der Waals surface area contributed by atoms with Gasteiger partial charge in [0, 0.05) is 12.7 Å². The molecule has 96 valence electrons. The van der Waals surface area contributed by atoms with Crippen molar-refractivity contribution in [1.29, 1.82) is 0 Å². The summed E-state index contributed by atoms with van der Waals surface area (Å²) < 4.78 is 2.55. The molecule has 5 heteroatoms. The molecule has 0 radical (unpaired) electrons. The predicted molar refractivity (Wildman–Crippen MR) is 71.8 cm³/mol. The highest BCUT2D eigenvalue weighted by atomic mass is 79.9. The second-order valence-corrected chi connectivity index (χ2v) is 5.08. The second-order valence-electron chi connectivity index (χ2n) is 4.17. The van der Waals surface area contributed by atoms with Crippen molar-refractivity contribution in [2.24, 2.45) is 0 Å². The van der Waals surface area contributed by atoms with Crippen LogP contribution in [0.4, 0.5) is 0 Å². The lowest BCUT2D eigenvalue weighted by molar-refractivity contribution is -0.124. The van der Waals surface area contributed by atoms with Crippen molar-refractivity contribution >= 4 is 21.8 Å². The van der Waals surface area contributed by atoms with Gasteiger partial charge in [-0.25, -0.2) is 0 Å². The molecule has 0 aliphatic heterocycles. The van der Waals surface area contributed by atoms with Crippen molar-refractivity contribution in [1.82, 2.24) is 15.1 Å². The van der Waals surface area contributed by atoms with Gasteiger partial charge in [0.2, 0.25) is 5.91 Å². The van der Waals surface area contributed by atoms with Gasteiger partial charge in [0.25, 0.3) is 0 Å². The number of carbonyl (C=O) groups is 1. The molecule has 0 aliphatic carbocycles. The Hall–Kier alpha value is -0.840. The van der Waals surface area contributed by atoms with Gasteiger partial charge < -0.3 is 5.32 Å². The zero-order valence-corrected chi connectivity index (χ0v) is 12.0. The smallest absolute Gasteiger partial charge is 0.244 e. The van der Waals surface area contributed by atoms with E-state index in [0.717, 1.165) is 17.4 Å². The summed E-state index contributed by atoms with van der Waals surface area (Å²) in [5.41, 5.74) is 0. The molecule has 0 saturated carbocycles. The number of aromatic nitrogens is 2. The minimum atomic E-state index is -0.257. The maximum Gasteiger partial charge on any atom is 0.244 e. The van der Waals surface area contributed by atoms with Gasteiger partial charge >= 0.3 is 0 Å².